The molecule has 0 radical (unpaired) electrons. The van der Waals surface area contributed by atoms with E-state index in [1.165, 1.54) is 0 Å². The van der Waals surface area contributed by atoms with Crippen molar-refractivity contribution in [1.82, 2.24) is 0 Å². The lowest BCUT2D eigenvalue weighted by Gasteiger charge is -2.12. The van der Waals surface area contributed by atoms with Crippen LogP contribution in [0.5, 0.6) is 0 Å². The van der Waals surface area contributed by atoms with Crippen LogP contribution in [0.25, 0.3) is 0 Å². The van der Waals surface area contributed by atoms with Crippen molar-refractivity contribution in [2.24, 2.45) is 5.73 Å². The van der Waals surface area contributed by atoms with E-state index in [0.717, 1.165) is 37.0 Å². The Bertz CT molecular complexity index is 395. The van der Waals surface area contributed by atoms with E-state index >= 15 is 0 Å². The van der Waals surface area contributed by atoms with Gasteiger partial charge >= 0.3 is 5.97 Å². The Balaban J connectivity index is 2.46. The van der Waals surface area contributed by atoms with E-state index in [-0.39, 0.29) is 0 Å². The van der Waals surface area contributed by atoms with Gasteiger partial charge < -0.3 is 15.3 Å². The summed E-state index contributed by atoms with van der Waals surface area (Å²) in [5.74, 6) is 0.606. The van der Waals surface area contributed by atoms with E-state index < -0.39 is 12.0 Å². The fourth-order valence-corrected chi connectivity index (χ4v) is 2.26. The Kier molecular flexibility index (Phi) is 2.52. The minimum absolute atomic E-state index is 0.664. The van der Waals surface area contributed by atoms with Gasteiger partial charge in [-0.3, -0.25) is 4.79 Å². The van der Waals surface area contributed by atoms with Crippen LogP contribution in [0.4, 0.5) is 0 Å². The molecule has 1 aliphatic carbocycles. The predicted octanol–water partition coefficient (Wildman–Crippen LogP) is 1.55. The van der Waals surface area contributed by atoms with Crippen molar-refractivity contribution < 1.29 is 14.3 Å². The molecule has 1 aliphatic rings. The second kappa shape index (κ2) is 3.70. The smallest absolute Gasteiger partial charge is 0.325 e. The molecule has 3 N–H and O–H groups in total. The van der Waals surface area contributed by atoms with Gasteiger partial charge in [-0.1, -0.05) is 0 Å². The number of fused-ring (bicyclic) bond motifs is 1. The highest BCUT2D eigenvalue weighted by molar-refractivity contribution is 5.76. The number of furan rings is 1. The van der Waals surface area contributed by atoms with Crippen molar-refractivity contribution in [3.8, 4) is 0 Å². The third-order valence-corrected chi connectivity index (χ3v) is 2.97. The van der Waals surface area contributed by atoms with Crippen molar-refractivity contribution in [2.75, 3.05) is 0 Å². The van der Waals surface area contributed by atoms with Gasteiger partial charge in [-0.25, -0.2) is 0 Å². The fraction of sp³-hybridized carbons (Fsp3) is 0.545. The van der Waals surface area contributed by atoms with E-state index in [4.69, 9.17) is 15.3 Å². The zero-order valence-corrected chi connectivity index (χ0v) is 8.75. The van der Waals surface area contributed by atoms with Gasteiger partial charge in [-0.2, -0.15) is 0 Å². The van der Waals surface area contributed by atoms with Crippen LogP contribution in [0, 0.1) is 6.92 Å². The van der Waals surface area contributed by atoms with Gasteiger partial charge in [0.2, 0.25) is 0 Å². The van der Waals surface area contributed by atoms with Crippen molar-refractivity contribution in [1.29, 1.82) is 0 Å². The Labute approximate surface area is 88.1 Å². The number of aryl methyl sites for hydroxylation is 2. The zero-order chi connectivity index (χ0) is 11.0. The molecule has 1 heterocycles. The molecule has 0 saturated carbocycles. The van der Waals surface area contributed by atoms with Crippen LogP contribution < -0.4 is 5.73 Å². The Morgan fingerprint density at radius 1 is 1.47 bits per heavy atom. The summed E-state index contributed by atoms with van der Waals surface area (Å²) in [4.78, 5) is 10.9. The van der Waals surface area contributed by atoms with Gasteiger partial charge in [0, 0.05) is 12.0 Å². The van der Waals surface area contributed by atoms with E-state index in [1.54, 1.807) is 6.92 Å². The number of carboxylic acid groups (broad SMARTS) is 1. The molecule has 0 saturated heterocycles. The Hall–Kier alpha value is -1.29. The van der Waals surface area contributed by atoms with Gasteiger partial charge in [-0.05, 0) is 31.7 Å². The highest BCUT2D eigenvalue weighted by Crippen LogP contribution is 2.32. The maximum absolute atomic E-state index is 10.9. The Morgan fingerprint density at radius 3 is 2.80 bits per heavy atom. The summed E-state index contributed by atoms with van der Waals surface area (Å²) >= 11 is 0. The monoisotopic (exact) mass is 209 g/mol. The summed E-state index contributed by atoms with van der Waals surface area (Å²) < 4.78 is 5.57. The molecular formula is C11H15NO3. The normalized spacial score (nSPS) is 17.2. The van der Waals surface area contributed by atoms with Crippen molar-refractivity contribution >= 4 is 5.97 Å². The fourth-order valence-electron chi connectivity index (χ4n) is 2.26. The van der Waals surface area contributed by atoms with E-state index in [0.29, 0.717) is 11.3 Å². The van der Waals surface area contributed by atoms with Crippen LogP contribution in [-0.4, -0.2) is 11.1 Å². The first-order chi connectivity index (χ1) is 7.11. The number of hydrogen-bond acceptors (Lipinski definition) is 3. The molecule has 0 aromatic carbocycles. The summed E-state index contributed by atoms with van der Waals surface area (Å²) in [6.45, 7) is 1.79. The lowest BCUT2D eigenvalue weighted by molar-refractivity contribution is -0.138. The molecule has 1 aromatic rings. The van der Waals surface area contributed by atoms with Crippen LogP contribution in [0.1, 0.15) is 41.5 Å². The summed E-state index contributed by atoms with van der Waals surface area (Å²) in [5.41, 5.74) is 7.38. The summed E-state index contributed by atoms with van der Waals surface area (Å²) in [6.07, 6.45) is 4.00. The van der Waals surface area contributed by atoms with E-state index in [2.05, 4.69) is 0 Å². The summed E-state index contributed by atoms with van der Waals surface area (Å²) in [7, 11) is 0. The molecule has 4 nitrogen and oxygen atoms in total. The number of rotatable bonds is 2. The maximum atomic E-state index is 10.9. The first-order valence-electron chi connectivity index (χ1n) is 5.20. The average molecular weight is 209 g/mol. The minimum Gasteiger partial charge on any atom is -0.480 e. The lowest BCUT2D eigenvalue weighted by atomic mass is 9.92. The van der Waals surface area contributed by atoms with Crippen LogP contribution in [0.3, 0.4) is 0 Å². The SMILES string of the molecule is Cc1oc2c(c1C(N)C(=O)O)CCCC2. The van der Waals surface area contributed by atoms with Gasteiger partial charge in [0.15, 0.2) is 0 Å². The molecule has 0 fully saturated rings. The minimum atomic E-state index is -0.993. The molecule has 0 aliphatic heterocycles. The van der Waals surface area contributed by atoms with Crippen molar-refractivity contribution in [3.05, 3.63) is 22.6 Å². The van der Waals surface area contributed by atoms with Crippen LogP contribution >= 0.6 is 0 Å². The van der Waals surface area contributed by atoms with E-state index in [1.807, 2.05) is 0 Å². The number of nitrogens with two attached hydrogens (primary N) is 1. The number of carboxylic acids is 1. The molecular weight excluding hydrogens is 194 g/mol. The second-order valence-electron chi connectivity index (χ2n) is 4.00. The van der Waals surface area contributed by atoms with Crippen LogP contribution in [-0.2, 0) is 17.6 Å². The quantitative estimate of drug-likeness (QED) is 0.774. The van der Waals surface area contributed by atoms with Crippen molar-refractivity contribution in [3.63, 3.8) is 0 Å². The largest absolute Gasteiger partial charge is 0.480 e. The predicted molar refractivity (Wildman–Crippen MR) is 54.7 cm³/mol. The number of carbonyl (C=O) groups is 1. The molecule has 0 spiro atoms. The van der Waals surface area contributed by atoms with Gasteiger partial charge in [-0.15, -0.1) is 0 Å². The van der Waals surface area contributed by atoms with Crippen LogP contribution in [0.15, 0.2) is 4.42 Å². The first kappa shape index (κ1) is 10.2. The highest BCUT2D eigenvalue weighted by Gasteiger charge is 2.27. The zero-order valence-electron chi connectivity index (χ0n) is 8.75. The maximum Gasteiger partial charge on any atom is 0.325 e. The molecule has 15 heavy (non-hydrogen) atoms. The third-order valence-electron chi connectivity index (χ3n) is 2.97. The Morgan fingerprint density at radius 2 is 2.13 bits per heavy atom. The van der Waals surface area contributed by atoms with Gasteiger partial charge in [0.25, 0.3) is 0 Å². The molecule has 0 bridgehead atoms. The first-order valence-corrected chi connectivity index (χ1v) is 5.20. The standard InChI is InChI=1S/C11H15NO3/c1-6-9(10(12)11(13)14)7-4-2-3-5-8(7)15-6/h10H,2-5,12H2,1H3,(H,13,14). The van der Waals surface area contributed by atoms with Crippen LogP contribution in [0.2, 0.25) is 0 Å². The molecule has 1 aromatic heterocycles. The number of hydrogen-bond donors (Lipinski definition) is 2. The molecule has 2 rings (SSSR count). The molecule has 1 atom stereocenters. The lowest BCUT2D eigenvalue weighted by Crippen LogP contribution is -2.22. The van der Waals surface area contributed by atoms with Gasteiger partial charge in [0.05, 0.1) is 0 Å². The highest BCUT2D eigenvalue weighted by atomic mass is 16.4. The van der Waals surface area contributed by atoms with Crippen molar-refractivity contribution in [2.45, 2.75) is 38.6 Å². The molecule has 4 heteroatoms. The van der Waals surface area contributed by atoms with E-state index in [9.17, 15) is 4.79 Å². The summed E-state index contributed by atoms with van der Waals surface area (Å²) in [5, 5.41) is 8.91. The van der Waals surface area contributed by atoms with Gasteiger partial charge in [0.1, 0.15) is 17.6 Å². The topological polar surface area (TPSA) is 76.5 Å². The number of aliphatic carboxylic acids is 1. The molecule has 82 valence electrons. The second-order valence-corrected chi connectivity index (χ2v) is 4.00. The molecule has 1 unspecified atom stereocenters. The average Bonchev–Trinajstić information content (AvgIpc) is 2.52. The summed E-state index contributed by atoms with van der Waals surface area (Å²) in [6, 6.07) is -0.949. The molecule has 0 amide bonds. The third kappa shape index (κ3) is 1.65.